The first-order valence-corrected chi connectivity index (χ1v) is 6.16. The average Bonchev–Trinajstić information content (AvgIpc) is 2.75. The Labute approximate surface area is 92.5 Å². The second-order valence-electron chi connectivity index (χ2n) is 4.39. The summed E-state index contributed by atoms with van der Waals surface area (Å²) in [7, 11) is 0. The molecule has 15 heavy (non-hydrogen) atoms. The minimum absolute atomic E-state index is 0.0724. The summed E-state index contributed by atoms with van der Waals surface area (Å²) in [5, 5.41) is 8.80. The monoisotopic (exact) mass is 213 g/mol. The molecule has 1 aliphatic carbocycles. The van der Waals surface area contributed by atoms with Crippen molar-refractivity contribution in [3.8, 4) is 0 Å². The van der Waals surface area contributed by atoms with Crippen molar-refractivity contribution in [2.24, 2.45) is 5.92 Å². The Morgan fingerprint density at radius 2 is 2.07 bits per heavy atom. The van der Waals surface area contributed by atoms with Gasteiger partial charge in [0.05, 0.1) is 6.61 Å². The molecule has 0 atom stereocenters. The van der Waals surface area contributed by atoms with Gasteiger partial charge in [0, 0.05) is 19.5 Å². The summed E-state index contributed by atoms with van der Waals surface area (Å²) in [5.74, 6) is 0.986. The van der Waals surface area contributed by atoms with Gasteiger partial charge >= 0.3 is 0 Å². The van der Waals surface area contributed by atoms with Crippen LogP contribution >= 0.6 is 0 Å². The summed E-state index contributed by atoms with van der Waals surface area (Å²) in [6, 6.07) is 0. The van der Waals surface area contributed by atoms with Crippen LogP contribution in [0.25, 0.3) is 0 Å². The van der Waals surface area contributed by atoms with E-state index >= 15 is 0 Å². The molecule has 0 spiro atoms. The average molecular weight is 213 g/mol. The number of rotatable bonds is 6. The molecule has 0 aromatic heterocycles. The van der Waals surface area contributed by atoms with Gasteiger partial charge in [-0.05, 0) is 19.3 Å². The molecular formula is C12H23NO2. The van der Waals surface area contributed by atoms with Gasteiger partial charge in [-0.25, -0.2) is 0 Å². The van der Waals surface area contributed by atoms with Crippen LogP contribution in [0.3, 0.4) is 0 Å². The van der Waals surface area contributed by atoms with Gasteiger partial charge in [0.25, 0.3) is 0 Å². The van der Waals surface area contributed by atoms with Crippen LogP contribution in [0.1, 0.15) is 45.4 Å². The van der Waals surface area contributed by atoms with Crippen molar-refractivity contribution in [2.45, 2.75) is 45.4 Å². The lowest BCUT2D eigenvalue weighted by Gasteiger charge is -2.20. The van der Waals surface area contributed by atoms with Crippen LogP contribution < -0.4 is 0 Å². The number of hydrogen-bond acceptors (Lipinski definition) is 2. The van der Waals surface area contributed by atoms with Crippen LogP contribution in [0.4, 0.5) is 0 Å². The van der Waals surface area contributed by atoms with E-state index in [2.05, 4.69) is 0 Å². The van der Waals surface area contributed by atoms with Gasteiger partial charge in [0.1, 0.15) is 0 Å². The third kappa shape index (κ3) is 4.20. The highest BCUT2D eigenvalue weighted by Crippen LogP contribution is 2.28. The standard InChI is InChI=1S/C12H23NO2/c1-2-13(9-10-14)12(15)8-7-11-5-3-4-6-11/h11,14H,2-10H2,1H3. The molecule has 0 bridgehead atoms. The molecule has 1 saturated carbocycles. The number of nitrogens with zero attached hydrogens (tertiary/aromatic N) is 1. The molecular weight excluding hydrogens is 190 g/mol. The molecule has 3 heteroatoms. The van der Waals surface area contributed by atoms with Crippen LogP contribution in [0, 0.1) is 5.92 Å². The van der Waals surface area contributed by atoms with Crippen LogP contribution in [0.2, 0.25) is 0 Å². The zero-order valence-corrected chi connectivity index (χ0v) is 9.74. The minimum atomic E-state index is 0.0724. The molecule has 0 aromatic rings. The SMILES string of the molecule is CCN(CCO)C(=O)CCC1CCCC1. The van der Waals surface area contributed by atoms with E-state index in [-0.39, 0.29) is 12.5 Å². The van der Waals surface area contributed by atoms with E-state index < -0.39 is 0 Å². The number of amides is 1. The molecule has 0 heterocycles. The number of carbonyl (C=O) groups is 1. The van der Waals surface area contributed by atoms with E-state index in [9.17, 15) is 4.79 Å². The van der Waals surface area contributed by atoms with Crippen LogP contribution in [0.15, 0.2) is 0 Å². The van der Waals surface area contributed by atoms with Crippen molar-refractivity contribution >= 4 is 5.91 Å². The maximum atomic E-state index is 11.7. The third-order valence-electron chi connectivity index (χ3n) is 3.35. The van der Waals surface area contributed by atoms with Crippen molar-refractivity contribution in [3.63, 3.8) is 0 Å². The fourth-order valence-corrected chi connectivity index (χ4v) is 2.36. The molecule has 0 aliphatic heterocycles. The molecule has 0 unspecified atom stereocenters. The highest BCUT2D eigenvalue weighted by atomic mass is 16.3. The lowest BCUT2D eigenvalue weighted by Crippen LogP contribution is -2.33. The van der Waals surface area contributed by atoms with Crippen molar-refractivity contribution in [3.05, 3.63) is 0 Å². The van der Waals surface area contributed by atoms with E-state index in [0.717, 1.165) is 12.3 Å². The van der Waals surface area contributed by atoms with Gasteiger partial charge in [-0.3, -0.25) is 4.79 Å². The Bertz CT molecular complexity index is 188. The van der Waals surface area contributed by atoms with E-state index in [0.29, 0.717) is 19.5 Å². The summed E-state index contributed by atoms with van der Waals surface area (Å²) in [6.45, 7) is 3.23. The molecule has 88 valence electrons. The molecule has 1 fully saturated rings. The van der Waals surface area contributed by atoms with Gasteiger partial charge in [-0.1, -0.05) is 25.7 Å². The van der Waals surface area contributed by atoms with Crippen molar-refractivity contribution in [1.29, 1.82) is 0 Å². The topological polar surface area (TPSA) is 40.5 Å². The number of aliphatic hydroxyl groups excluding tert-OH is 1. The van der Waals surface area contributed by atoms with Crippen LogP contribution in [-0.4, -0.2) is 35.6 Å². The number of hydrogen-bond donors (Lipinski definition) is 1. The van der Waals surface area contributed by atoms with Gasteiger partial charge in [-0.15, -0.1) is 0 Å². The molecule has 0 aromatic carbocycles. The van der Waals surface area contributed by atoms with E-state index in [4.69, 9.17) is 5.11 Å². The summed E-state index contributed by atoms with van der Waals surface area (Å²) < 4.78 is 0. The van der Waals surface area contributed by atoms with Crippen LogP contribution in [-0.2, 0) is 4.79 Å². The zero-order valence-electron chi connectivity index (χ0n) is 9.74. The van der Waals surface area contributed by atoms with Crippen molar-refractivity contribution in [1.82, 2.24) is 4.90 Å². The van der Waals surface area contributed by atoms with Crippen molar-refractivity contribution < 1.29 is 9.90 Å². The Morgan fingerprint density at radius 3 is 2.60 bits per heavy atom. The van der Waals surface area contributed by atoms with Crippen molar-refractivity contribution in [2.75, 3.05) is 19.7 Å². The lowest BCUT2D eigenvalue weighted by atomic mass is 10.0. The van der Waals surface area contributed by atoms with E-state index in [1.54, 1.807) is 4.90 Å². The van der Waals surface area contributed by atoms with E-state index in [1.165, 1.54) is 25.7 Å². The first kappa shape index (κ1) is 12.5. The highest BCUT2D eigenvalue weighted by Gasteiger charge is 2.18. The Balaban J connectivity index is 2.20. The summed E-state index contributed by atoms with van der Waals surface area (Å²) in [4.78, 5) is 13.5. The summed E-state index contributed by atoms with van der Waals surface area (Å²) in [5.41, 5.74) is 0. The Morgan fingerprint density at radius 1 is 1.40 bits per heavy atom. The predicted molar refractivity (Wildman–Crippen MR) is 60.5 cm³/mol. The fourth-order valence-electron chi connectivity index (χ4n) is 2.36. The lowest BCUT2D eigenvalue weighted by molar-refractivity contribution is -0.131. The number of aliphatic hydroxyl groups is 1. The third-order valence-corrected chi connectivity index (χ3v) is 3.35. The highest BCUT2D eigenvalue weighted by molar-refractivity contribution is 5.76. The maximum Gasteiger partial charge on any atom is 0.222 e. The Hall–Kier alpha value is -0.570. The summed E-state index contributed by atoms with van der Waals surface area (Å²) in [6.07, 6.45) is 7.00. The predicted octanol–water partition coefficient (Wildman–Crippen LogP) is 1.80. The van der Waals surface area contributed by atoms with Gasteiger partial charge in [0.15, 0.2) is 0 Å². The quantitative estimate of drug-likeness (QED) is 0.731. The fraction of sp³-hybridized carbons (Fsp3) is 0.917. The number of likely N-dealkylation sites (N-methyl/N-ethyl adjacent to an activating group) is 1. The molecule has 3 nitrogen and oxygen atoms in total. The normalized spacial score (nSPS) is 16.9. The molecule has 1 amide bonds. The van der Waals surface area contributed by atoms with Gasteiger partial charge in [-0.2, -0.15) is 0 Å². The summed E-state index contributed by atoms with van der Waals surface area (Å²) >= 11 is 0. The molecule has 0 radical (unpaired) electrons. The number of carbonyl (C=O) groups excluding carboxylic acids is 1. The largest absolute Gasteiger partial charge is 0.395 e. The second kappa shape index (κ2) is 6.83. The molecule has 1 N–H and O–H groups in total. The first-order chi connectivity index (χ1) is 7.27. The minimum Gasteiger partial charge on any atom is -0.395 e. The van der Waals surface area contributed by atoms with Crippen LogP contribution in [0.5, 0.6) is 0 Å². The van der Waals surface area contributed by atoms with E-state index in [1.807, 2.05) is 6.92 Å². The second-order valence-corrected chi connectivity index (χ2v) is 4.39. The molecule has 1 rings (SSSR count). The molecule has 1 aliphatic rings. The zero-order chi connectivity index (χ0) is 11.1. The maximum absolute atomic E-state index is 11.7. The van der Waals surface area contributed by atoms with Gasteiger partial charge in [0.2, 0.25) is 5.91 Å². The Kier molecular flexibility index (Phi) is 5.69. The smallest absolute Gasteiger partial charge is 0.222 e. The molecule has 0 saturated heterocycles. The first-order valence-electron chi connectivity index (χ1n) is 6.16. The van der Waals surface area contributed by atoms with Gasteiger partial charge < -0.3 is 10.0 Å².